The van der Waals surface area contributed by atoms with E-state index in [2.05, 4.69) is 47.0 Å². The van der Waals surface area contributed by atoms with Gasteiger partial charge in [0.1, 0.15) is 5.69 Å². The summed E-state index contributed by atoms with van der Waals surface area (Å²) < 4.78 is 0.833. The lowest BCUT2D eigenvalue weighted by Crippen LogP contribution is -2.28. The van der Waals surface area contributed by atoms with Crippen molar-refractivity contribution >= 4 is 27.3 Å². The van der Waals surface area contributed by atoms with Gasteiger partial charge in [-0.25, -0.2) is 0 Å². The lowest BCUT2D eigenvalue weighted by Gasteiger charge is -2.20. The molecule has 106 valence electrons. The molecule has 0 bridgehead atoms. The number of benzene rings is 1. The maximum absolute atomic E-state index is 10.9. The SMILES string of the molecule is CC(C)N(C)CCCNc1cc(Br)ccc1[N+](=O)[O-]. The maximum Gasteiger partial charge on any atom is 0.292 e. The quantitative estimate of drug-likeness (QED) is 0.472. The third kappa shape index (κ3) is 5.16. The number of nitro benzene ring substituents is 1. The zero-order chi connectivity index (χ0) is 14.4. The lowest BCUT2D eigenvalue weighted by atomic mass is 10.2. The van der Waals surface area contributed by atoms with Crippen LogP contribution >= 0.6 is 15.9 Å². The van der Waals surface area contributed by atoms with Gasteiger partial charge in [-0.2, -0.15) is 0 Å². The predicted octanol–water partition coefficient (Wildman–Crippen LogP) is 3.50. The number of halogens is 1. The number of nitro groups is 1. The molecule has 0 heterocycles. The number of nitrogens with one attached hydrogen (secondary N) is 1. The van der Waals surface area contributed by atoms with Gasteiger partial charge in [0.05, 0.1) is 4.92 Å². The maximum atomic E-state index is 10.9. The molecule has 0 aliphatic heterocycles. The summed E-state index contributed by atoms with van der Waals surface area (Å²) in [4.78, 5) is 12.8. The molecule has 1 aromatic carbocycles. The van der Waals surface area contributed by atoms with E-state index in [0.717, 1.165) is 17.4 Å². The molecular formula is C13H20BrN3O2. The zero-order valence-electron chi connectivity index (χ0n) is 11.5. The Morgan fingerprint density at radius 2 is 2.16 bits per heavy atom. The molecule has 1 rings (SSSR count). The second-order valence-corrected chi connectivity index (χ2v) is 5.69. The molecule has 0 aliphatic rings. The summed E-state index contributed by atoms with van der Waals surface area (Å²) in [6.45, 7) is 5.97. The van der Waals surface area contributed by atoms with Gasteiger partial charge in [0, 0.05) is 23.1 Å². The lowest BCUT2D eigenvalue weighted by molar-refractivity contribution is -0.384. The van der Waals surface area contributed by atoms with Gasteiger partial charge in [-0.15, -0.1) is 0 Å². The van der Waals surface area contributed by atoms with E-state index >= 15 is 0 Å². The van der Waals surface area contributed by atoms with Crippen LogP contribution in [0.25, 0.3) is 0 Å². The van der Waals surface area contributed by atoms with E-state index in [-0.39, 0.29) is 10.6 Å². The van der Waals surface area contributed by atoms with Crippen molar-refractivity contribution in [2.24, 2.45) is 0 Å². The Bertz CT molecular complexity index is 438. The standard InChI is InChI=1S/C13H20BrN3O2/c1-10(2)16(3)8-4-7-15-12-9-11(14)5-6-13(12)17(18)19/h5-6,9-10,15H,4,7-8H2,1-3H3. The van der Waals surface area contributed by atoms with Crippen LogP contribution in [0.3, 0.4) is 0 Å². The smallest absolute Gasteiger partial charge is 0.292 e. The van der Waals surface area contributed by atoms with Crippen molar-refractivity contribution in [1.29, 1.82) is 0 Å². The Balaban J connectivity index is 2.53. The van der Waals surface area contributed by atoms with E-state index in [9.17, 15) is 10.1 Å². The van der Waals surface area contributed by atoms with Crippen LogP contribution in [0, 0.1) is 10.1 Å². The highest BCUT2D eigenvalue weighted by Gasteiger charge is 2.13. The van der Waals surface area contributed by atoms with Crippen LogP contribution in [0.4, 0.5) is 11.4 Å². The molecule has 0 aromatic heterocycles. The minimum absolute atomic E-state index is 0.111. The van der Waals surface area contributed by atoms with Crippen LogP contribution in [-0.4, -0.2) is 36.0 Å². The minimum Gasteiger partial charge on any atom is -0.379 e. The molecule has 0 amide bonds. The number of hydrogen-bond acceptors (Lipinski definition) is 4. The van der Waals surface area contributed by atoms with Crippen LogP contribution in [-0.2, 0) is 0 Å². The third-order valence-electron chi connectivity index (χ3n) is 3.04. The van der Waals surface area contributed by atoms with Crippen molar-refractivity contribution in [2.45, 2.75) is 26.3 Å². The summed E-state index contributed by atoms with van der Waals surface area (Å²) in [6.07, 6.45) is 0.943. The van der Waals surface area contributed by atoms with Crippen LogP contribution in [0.1, 0.15) is 20.3 Å². The Kier molecular flexibility index (Phi) is 6.24. The first-order valence-corrected chi connectivity index (χ1v) is 7.09. The van der Waals surface area contributed by atoms with Gasteiger partial charge in [-0.3, -0.25) is 10.1 Å². The van der Waals surface area contributed by atoms with E-state index in [4.69, 9.17) is 0 Å². The second-order valence-electron chi connectivity index (χ2n) is 4.77. The van der Waals surface area contributed by atoms with Gasteiger partial charge < -0.3 is 10.2 Å². The summed E-state index contributed by atoms with van der Waals surface area (Å²) >= 11 is 3.33. The fourth-order valence-corrected chi connectivity index (χ4v) is 1.98. The molecule has 19 heavy (non-hydrogen) atoms. The van der Waals surface area contributed by atoms with Crippen LogP contribution in [0.15, 0.2) is 22.7 Å². The Morgan fingerprint density at radius 3 is 2.74 bits per heavy atom. The summed E-state index contributed by atoms with van der Waals surface area (Å²) in [5.74, 6) is 0. The molecule has 0 aliphatic carbocycles. The summed E-state index contributed by atoms with van der Waals surface area (Å²) in [5, 5.41) is 14.0. The first-order chi connectivity index (χ1) is 8.91. The molecule has 0 fully saturated rings. The molecule has 0 atom stereocenters. The number of anilines is 1. The largest absolute Gasteiger partial charge is 0.379 e. The fraction of sp³-hybridized carbons (Fsp3) is 0.538. The monoisotopic (exact) mass is 329 g/mol. The molecule has 1 aromatic rings. The van der Waals surface area contributed by atoms with E-state index in [0.29, 0.717) is 18.3 Å². The molecule has 0 saturated carbocycles. The number of rotatable bonds is 7. The van der Waals surface area contributed by atoms with Crippen molar-refractivity contribution in [3.8, 4) is 0 Å². The molecule has 0 spiro atoms. The fourth-order valence-electron chi connectivity index (χ4n) is 1.62. The van der Waals surface area contributed by atoms with Gasteiger partial charge >= 0.3 is 0 Å². The molecule has 1 N–H and O–H groups in total. The first-order valence-electron chi connectivity index (χ1n) is 6.30. The highest BCUT2D eigenvalue weighted by Crippen LogP contribution is 2.27. The number of hydrogen-bond donors (Lipinski definition) is 1. The van der Waals surface area contributed by atoms with Crippen molar-refractivity contribution in [3.05, 3.63) is 32.8 Å². The van der Waals surface area contributed by atoms with E-state index in [1.54, 1.807) is 12.1 Å². The minimum atomic E-state index is -0.366. The highest BCUT2D eigenvalue weighted by atomic mass is 79.9. The molecule has 0 unspecified atom stereocenters. The average molecular weight is 330 g/mol. The second kappa shape index (κ2) is 7.45. The third-order valence-corrected chi connectivity index (χ3v) is 3.53. The number of nitrogens with zero attached hydrogens (tertiary/aromatic N) is 2. The molecule has 5 nitrogen and oxygen atoms in total. The highest BCUT2D eigenvalue weighted by molar-refractivity contribution is 9.10. The van der Waals surface area contributed by atoms with Crippen molar-refractivity contribution in [3.63, 3.8) is 0 Å². The van der Waals surface area contributed by atoms with Gasteiger partial charge in [0.2, 0.25) is 0 Å². The van der Waals surface area contributed by atoms with Gasteiger partial charge in [-0.05, 0) is 46.0 Å². The summed E-state index contributed by atoms with van der Waals surface area (Å²) in [7, 11) is 2.08. The van der Waals surface area contributed by atoms with Gasteiger partial charge in [0.15, 0.2) is 0 Å². The van der Waals surface area contributed by atoms with Crippen molar-refractivity contribution in [2.75, 3.05) is 25.5 Å². The summed E-state index contributed by atoms with van der Waals surface area (Å²) in [6, 6.07) is 5.44. The topological polar surface area (TPSA) is 58.4 Å². The normalized spacial score (nSPS) is 11.1. The van der Waals surface area contributed by atoms with E-state index in [1.165, 1.54) is 6.07 Å². The zero-order valence-corrected chi connectivity index (χ0v) is 13.1. The first kappa shape index (κ1) is 15.9. The van der Waals surface area contributed by atoms with E-state index in [1.807, 2.05) is 0 Å². The predicted molar refractivity (Wildman–Crippen MR) is 81.7 cm³/mol. The average Bonchev–Trinajstić information content (AvgIpc) is 2.33. The van der Waals surface area contributed by atoms with E-state index < -0.39 is 0 Å². The Hall–Kier alpha value is -1.14. The van der Waals surface area contributed by atoms with Crippen LogP contribution in [0.2, 0.25) is 0 Å². The molecule has 6 heteroatoms. The Labute approximate surface area is 122 Å². The van der Waals surface area contributed by atoms with Crippen molar-refractivity contribution in [1.82, 2.24) is 4.90 Å². The molecule has 0 radical (unpaired) electrons. The van der Waals surface area contributed by atoms with Gasteiger partial charge in [0.25, 0.3) is 5.69 Å². The van der Waals surface area contributed by atoms with Crippen LogP contribution in [0.5, 0.6) is 0 Å². The molecule has 0 saturated heterocycles. The van der Waals surface area contributed by atoms with Gasteiger partial charge in [-0.1, -0.05) is 15.9 Å². The van der Waals surface area contributed by atoms with Crippen molar-refractivity contribution < 1.29 is 4.92 Å². The summed E-state index contributed by atoms with van der Waals surface area (Å²) in [5.41, 5.74) is 0.673. The Morgan fingerprint density at radius 1 is 1.47 bits per heavy atom. The molecular weight excluding hydrogens is 310 g/mol. The van der Waals surface area contributed by atoms with Crippen LogP contribution < -0.4 is 5.32 Å².